The predicted octanol–water partition coefficient (Wildman–Crippen LogP) is 2.87. The van der Waals surface area contributed by atoms with E-state index in [1.54, 1.807) is 6.08 Å². The number of hydrogen-bond donors (Lipinski definition) is 1. The van der Waals surface area contributed by atoms with Crippen molar-refractivity contribution in [1.29, 1.82) is 0 Å². The number of rotatable bonds is 6. The molecule has 0 radical (unpaired) electrons. The number of unbranched alkanes of at least 4 members (excludes halogenated alkanes) is 1. The average molecular weight is 224 g/mol. The molecule has 0 aliphatic heterocycles. The number of aromatic carboxylic acids is 1. The van der Waals surface area contributed by atoms with Crippen LogP contribution in [0.1, 0.15) is 23.2 Å². The summed E-state index contributed by atoms with van der Waals surface area (Å²) >= 11 is 0. The molecule has 4 heteroatoms. The number of ether oxygens (including phenoxy) is 1. The minimum atomic E-state index is -1.13. The fourth-order valence-corrected chi connectivity index (χ4v) is 1.20. The summed E-state index contributed by atoms with van der Waals surface area (Å²) in [6.45, 7) is 3.90. The van der Waals surface area contributed by atoms with Crippen molar-refractivity contribution in [3.8, 4) is 5.75 Å². The van der Waals surface area contributed by atoms with Crippen LogP contribution in [0.15, 0.2) is 30.9 Å². The molecule has 0 bridgehead atoms. The molecule has 1 aromatic carbocycles. The van der Waals surface area contributed by atoms with E-state index in [4.69, 9.17) is 9.84 Å². The standard InChI is InChI=1S/C12H13FO3/c1-2-3-4-7-16-11-8-9(13)5-6-10(11)12(14)15/h2,5-6,8H,1,3-4,7H2,(H,14,15). The van der Waals surface area contributed by atoms with Gasteiger partial charge in [-0.2, -0.15) is 0 Å². The zero-order valence-corrected chi connectivity index (χ0v) is 8.78. The second-order valence-corrected chi connectivity index (χ2v) is 3.22. The number of allylic oxidation sites excluding steroid dienone is 1. The molecule has 0 amide bonds. The molecule has 3 nitrogen and oxygen atoms in total. The molecule has 0 fully saturated rings. The summed E-state index contributed by atoms with van der Waals surface area (Å²) in [4.78, 5) is 10.8. The van der Waals surface area contributed by atoms with Gasteiger partial charge in [-0.3, -0.25) is 0 Å². The molecule has 86 valence electrons. The third-order valence-electron chi connectivity index (χ3n) is 1.98. The summed E-state index contributed by atoms with van der Waals surface area (Å²) in [7, 11) is 0. The van der Waals surface area contributed by atoms with Gasteiger partial charge in [-0.15, -0.1) is 6.58 Å². The van der Waals surface area contributed by atoms with Crippen LogP contribution >= 0.6 is 0 Å². The molecule has 0 aliphatic carbocycles. The minimum absolute atomic E-state index is 0.0278. The van der Waals surface area contributed by atoms with Crippen LogP contribution in [0.3, 0.4) is 0 Å². The molecule has 0 unspecified atom stereocenters. The van der Waals surface area contributed by atoms with Crippen molar-refractivity contribution in [2.24, 2.45) is 0 Å². The second-order valence-electron chi connectivity index (χ2n) is 3.22. The topological polar surface area (TPSA) is 46.5 Å². The third-order valence-corrected chi connectivity index (χ3v) is 1.98. The molecular weight excluding hydrogens is 211 g/mol. The lowest BCUT2D eigenvalue weighted by molar-refractivity contribution is 0.0692. The van der Waals surface area contributed by atoms with Gasteiger partial charge in [0.2, 0.25) is 0 Å². The number of benzene rings is 1. The van der Waals surface area contributed by atoms with E-state index in [1.807, 2.05) is 0 Å². The van der Waals surface area contributed by atoms with Gasteiger partial charge in [-0.05, 0) is 25.0 Å². The first-order valence-electron chi connectivity index (χ1n) is 4.91. The molecule has 0 aromatic heterocycles. The highest BCUT2D eigenvalue weighted by Crippen LogP contribution is 2.20. The largest absolute Gasteiger partial charge is 0.493 e. The first-order valence-corrected chi connectivity index (χ1v) is 4.91. The normalized spacial score (nSPS) is 9.81. The molecular formula is C12H13FO3. The van der Waals surface area contributed by atoms with Crippen LogP contribution < -0.4 is 4.74 Å². The van der Waals surface area contributed by atoms with Gasteiger partial charge >= 0.3 is 5.97 Å². The summed E-state index contributed by atoms with van der Waals surface area (Å²) in [6.07, 6.45) is 3.24. The Kier molecular flexibility index (Phi) is 4.51. The highest BCUT2D eigenvalue weighted by atomic mass is 19.1. The van der Waals surface area contributed by atoms with Crippen molar-refractivity contribution in [3.05, 3.63) is 42.2 Å². The smallest absolute Gasteiger partial charge is 0.339 e. The Balaban J connectivity index is 2.72. The number of carboxylic acid groups (broad SMARTS) is 1. The molecule has 0 aliphatic rings. The molecule has 0 heterocycles. The van der Waals surface area contributed by atoms with Gasteiger partial charge in [-0.25, -0.2) is 9.18 Å². The van der Waals surface area contributed by atoms with Crippen LogP contribution in [0.2, 0.25) is 0 Å². The van der Waals surface area contributed by atoms with Crippen molar-refractivity contribution in [2.45, 2.75) is 12.8 Å². The molecule has 1 rings (SSSR count). The Bertz CT molecular complexity index is 388. The van der Waals surface area contributed by atoms with E-state index in [-0.39, 0.29) is 11.3 Å². The van der Waals surface area contributed by atoms with Crippen molar-refractivity contribution in [3.63, 3.8) is 0 Å². The molecule has 0 saturated heterocycles. The fraction of sp³-hybridized carbons (Fsp3) is 0.250. The summed E-state index contributed by atoms with van der Waals surface area (Å²) in [5, 5.41) is 8.84. The van der Waals surface area contributed by atoms with Gasteiger partial charge in [0, 0.05) is 6.07 Å². The second kappa shape index (κ2) is 5.90. The van der Waals surface area contributed by atoms with Gasteiger partial charge < -0.3 is 9.84 Å². The molecule has 0 spiro atoms. The first-order chi connectivity index (χ1) is 7.65. The first kappa shape index (κ1) is 12.2. The van der Waals surface area contributed by atoms with E-state index in [9.17, 15) is 9.18 Å². The lowest BCUT2D eigenvalue weighted by atomic mass is 10.2. The van der Waals surface area contributed by atoms with Crippen LogP contribution in [0, 0.1) is 5.82 Å². The van der Waals surface area contributed by atoms with Crippen molar-refractivity contribution in [2.75, 3.05) is 6.61 Å². The number of halogens is 1. The summed E-state index contributed by atoms with van der Waals surface area (Å²) < 4.78 is 18.1. The van der Waals surface area contributed by atoms with Crippen LogP contribution in [0.5, 0.6) is 5.75 Å². The third kappa shape index (κ3) is 3.38. The van der Waals surface area contributed by atoms with Crippen LogP contribution in [-0.2, 0) is 0 Å². The molecule has 0 saturated carbocycles. The Labute approximate surface area is 93.2 Å². The average Bonchev–Trinajstić information content (AvgIpc) is 2.24. The van der Waals surface area contributed by atoms with Gasteiger partial charge in [-0.1, -0.05) is 6.08 Å². The maximum Gasteiger partial charge on any atom is 0.339 e. The Morgan fingerprint density at radius 3 is 2.94 bits per heavy atom. The van der Waals surface area contributed by atoms with E-state index in [0.717, 1.165) is 25.0 Å². The number of carboxylic acids is 1. The lowest BCUT2D eigenvalue weighted by Crippen LogP contribution is -2.04. The van der Waals surface area contributed by atoms with E-state index in [2.05, 4.69) is 6.58 Å². The number of hydrogen-bond acceptors (Lipinski definition) is 2. The Hall–Kier alpha value is -1.84. The Morgan fingerprint density at radius 1 is 1.56 bits per heavy atom. The highest BCUT2D eigenvalue weighted by molar-refractivity contribution is 5.90. The van der Waals surface area contributed by atoms with Crippen molar-refractivity contribution >= 4 is 5.97 Å². The fourth-order valence-electron chi connectivity index (χ4n) is 1.20. The summed E-state index contributed by atoms with van der Waals surface area (Å²) in [5.74, 6) is -1.57. The van der Waals surface area contributed by atoms with Gasteiger partial charge in [0.1, 0.15) is 17.1 Å². The summed E-state index contributed by atoms with van der Waals surface area (Å²) in [6, 6.07) is 3.37. The van der Waals surface area contributed by atoms with Gasteiger partial charge in [0.15, 0.2) is 0 Å². The lowest BCUT2D eigenvalue weighted by Gasteiger charge is -2.08. The number of carbonyl (C=O) groups is 1. The quantitative estimate of drug-likeness (QED) is 0.597. The van der Waals surface area contributed by atoms with Crippen molar-refractivity contribution < 1.29 is 19.0 Å². The summed E-state index contributed by atoms with van der Waals surface area (Å²) in [5.41, 5.74) is -0.0278. The maximum absolute atomic E-state index is 12.9. The van der Waals surface area contributed by atoms with E-state index in [0.29, 0.717) is 6.61 Å². The highest BCUT2D eigenvalue weighted by Gasteiger charge is 2.11. The molecule has 0 atom stereocenters. The van der Waals surface area contributed by atoms with Crippen molar-refractivity contribution in [1.82, 2.24) is 0 Å². The van der Waals surface area contributed by atoms with E-state index < -0.39 is 11.8 Å². The Morgan fingerprint density at radius 2 is 2.31 bits per heavy atom. The monoisotopic (exact) mass is 224 g/mol. The SMILES string of the molecule is C=CCCCOc1cc(F)ccc1C(=O)O. The van der Waals surface area contributed by atoms with Crippen LogP contribution in [-0.4, -0.2) is 17.7 Å². The van der Waals surface area contributed by atoms with E-state index >= 15 is 0 Å². The molecule has 1 N–H and O–H groups in total. The van der Waals surface area contributed by atoms with Gasteiger partial charge in [0.05, 0.1) is 6.61 Å². The predicted molar refractivity (Wildman–Crippen MR) is 58.3 cm³/mol. The molecule has 16 heavy (non-hydrogen) atoms. The maximum atomic E-state index is 12.9. The van der Waals surface area contributed by atoms with Gasteiger partial charge in [0.25, 0.3) is 0 Å². The van der Waals surface area contributed by atoms with Crippen LogP contribution in [0.4, 0.5) is 4.39 Å². The van der Waals surface area contributed by atoms with Crippen LogP contribution in [0.25, 0.3) is 0 Å². The minimum Gasteiger partial charge on any atom is -0.493 e. The van der Waals surface area contributed by atoms with E-state index in [1.165, 1.54) is 6.07 Å². The zero-order chi connectivity index (χ0) is 12.0. The molecule has 1 aromatic rings. The zero-order valence-electron chi connectivity index (χ0n) is 8.78.